The third-order valence-electron chi connectivity index (χ3n) is 4.96. The van der Waals surface area contributed by atoms with E-state index in [2.05, 4.69) is 5.32 Å². The number of carbonyl (C=O) groups is 2. The van der Waals surface area contributed by atoms with Gasteiger partial charge in [0.25, 0.3) is 0 Å². The molecule has 4 aromatic rings. The number of aromatic nitrogens is 1. The summed E-state index contributed by atoms with van der Waals surface area (Å²) in [6.07, 6.45) is 1.07. The molecule has 0 aliphatic heterocycles. The number of hydrogen-bond acceptors (Lipinski definition) is 3. The van der Waals surface area contributed by atoms with E-state index in [0.29, 0.717) is 11.2 Å². The number of carboxylic acids is 1. The van der Waals surface area contributed by atoms with Crippen LogP contribution in [0.5, 0.6) is 0 Å². The van der Waals surface area contributed by atoms with Gasteiger partial charge in [-0.3, -0.25) is 9.36 Å². The number of fused-ring (bicyclic) bond motifs is 1. The fourth-order valence-electron chi connectivity index (χ4n) is 3.48. The summed E-state index contributed by atoms with van der Waals surface area (Å²) in [5.74, 6) is -1.38. The van der Waals surface area contributed by atoms with Crippen molar-refractivity contribution in [3.05, 3.63) is 100 Å². The van der Waals surface area contributed by atoms with Crippen molar-refractivity contribution in [1.29, 1.82) is 0 Å². The second-order valence-electron chi connectivity index (χ2n) is 6.85. The van der Waals surface area contributed by atoms with Crippen LogP contribution in [0.2, 0.25) is 0 Å². The lowest BCUT2D eigenvalue weighted by Crippen LogP contribution is -2.25. The molecule has 2 N–H and O–H groups in total. The number of nitrogens with zero attached hydrogens (tertiary/aromatic N) is 1. The zero-order valence-corrected chi connectivity index (χ0v) is 16.1. The fourth-order valence-corrected chi connectivity index (χ4v) is 3.48. The predicted molar refractivity (Wildman–Crippen MR) is 116 cm³/mol. The third kappa shape index (κ3) is 3.35. The van der Waals surface area contributed by atoms with Crippen molar-refractivity contribution in [3.63, 3.8) is 0 Å². The maximum atomic E-state index is 13.1. The van der Waals surface area contributed by atoms with Gasteiger partial charge < -0.3 is 10.4 Å². The summed E-state index contributed by atoms with van der Waals surface area (Å²) in [6.45, 7) is 1.99. The summed E-state index contributed by atoms with van der Waals surface area (Å²) in [4.78, 5) is 37.1. The Morgan fingerprint density at radius 1 is 0.867 bits per heavy atom. The van der Waals surface area contributed by atoms with Crippen molar-refractivity contribution < 1.29 is 14.7 Å². The summed E-state index contributed by atoms with van der Waals surface area (Å²) in [6, 6.07) is 21.1. The Bertz CT molecular complexity index is 1350. The molecule has 6 heteroatoms. The van der Waals surface area contributed by atoms with Crippen LogP contribution in [0.1, 0.15) is 15.9 Å². The van der Waals surface area contributed by atoms with Crippen LogP contribution in [0.4, 0.5) is 10.5 Å². The van der Waals surface area contributed by atoms with Crippen molar-refractivity contribution in [1.82, 2.24) is 4.57 Å². The largest absolute Gasteiger partial charge is 0.477 e. The van der Waals surface area contributed by atoms with E-state index in [0.717, 1.165) is 27.5 Å². The molecule has 0 unspecified atom stereocenters. The van der Waals surface area contributed by atoms with Gasteiger partial charge in [-0.15, -0.1) is 0 Å². The number of rotatable bonds is 3. The number of para-hydroxylation sites is 2. The highest BCUT2D eigenvalue weighted by atomic mass is 16.4. The van der Waals surface area contributed by atoms with Gasteiger partial charge in [0.05, 0.1) is 11.2 Å². The van der Waals surface area contributed by atoms with Gasteiger partial charge in [0.1, 0.15) is 5.56 Å². The van der Waals surface area contributed by atoms with Crippen LogP contribution in [0.25, 0.3) is 22.0 Å². The van der Waals surface area contributed by atoms with Crippen LogP contribution in [-0.2, 0) is 0 Å². The van der Waals surface area contributed by atoms with Crippen molar-refractivity contribution >= 4 is 28.6 Å². The minimum absolute atomic E-state index is 0.166. The molecule has 0 radical (unpaired) electrons. The molecule has 1 amide bonds. The van der Waals surface area contributed by atoms with Gasteiger partial charge in [-0.1, -0.05) is 54.6 Å². The number of hydrogen-bond donors (Lipinski definition) is 2. The van der Waals surface area contributed by atoms with E-state index >= 15 is 0 Å². The molecule has 0 atom stereocenters. The second kappa shape index (κ2) is 7.67. The standard InChI is InChI=1S/C24H18N2O4/c1-15-8-2-3-9-16(15)17-10-4-6-12-20(17)25-24(30)26-14-19(23(28)29)22(27)18-11-5-7-13-21(18)26/h2-14H,1H3,(H,25,30)(H,28,29). The van der Waals surface area contributed by atoms with E-state index in [1.54, 1.807) is 24.3 Å². The number of anilines is 1. The minimum atomic E-state index is -1.38. The van der Waals surface area contributed by atoms with Crippen molar-refractivity contribution in [2.24, 2.45) is 0 Å². The molecule has 148 valence electrons. The zero-order valence-electron chi connectivity index (χ0n) is 16.1. The molecule has 0 bridgehead atoms. The summed E-state index contributed by atoms with van der Waals surface area (Å²) in [7, 11) is 0. The van der Waals surface area contributed by atoms with Crippen LogP contribution >= 0.6 is 0 Å². The lowest BCUT2D eigenvalue weighted by atomic mass is 9.99. The molecular weight excluding hydrogens is 380 g/mol. The molecule has 0 fully saturated rings. The smallest absolute Gasteiger partial charge is 0.341 e. The van der Waals surface area contributed by atoms with Crippen molar-refractivity contribution in [2.45, 2.75) is 6.92 Å². The van der Waals surface area contributed by atoms with Gasteiger partial charge in [0, 0.05) is 17.1 Å². The van der Waals surface area contributed by atoms with E-state index in [1.807, 2.05) is 49.4 Å². The number of aromatic carboxylic acids is 1. The summed E-state index contributed by atoms with van der Waals surface area (Å²) >= 11 is 0. The van der Waals surface area contributed by atoms with Crippen LogP contribution in [0.3, 0.4) is 0 Å². The number of amides is 1. The normalized spacial score (nSPS) is 10.7. The Hall–Kier alpha value is -4.19. The molecule has 0 saturated carbocycles. The molecular formula is C24H18N2O4. The molecule has 1 heterocycles. The van der Waals surface area contributed by atoms with Crippen molar-refractivity contribution in [3.8, 4) is 11.1 Å². The van der Waals surface area contributed by atoms with Crippen LogP contribution in [-0.4, -0.2) is 21.7 Å². The van der Waals surface area contributed by atoms with Gasteiger partial charge >= 0.3 is 12.0 Å². The van der Waals surface area contributed by atoms with Crippen LogP contribution < -0.4 is 10.7 Å². The molecule has 3 aromatic carbocycles. The van der Waals surface area contributed by atoms with Crippen LogP contribution in [0.15, 0.2) is 83.8 Å². The third-order valence-corrected chi connectivity index (χ3v) is 4.96. The van der Waals surface area contributed by atoms with Gasteiger partial charge in [-0.05, 0) is 36.2 Å². The molecule has 30 heavy (non-hydrogen) atoms. The molecule has 0 aliphatic carbocycles. The zero-order chi connectivity index (χ0) is 21.3. The topological polar surface area (TPSA) is 88.4 Å². The number of aryl methyl sites for hydroxylation is 1. The average molecular weight is 398 g/mol. The van der Waals surface area contributed by atoms with Gasteiger partial charge in [0.15, 0.2) is 0 Å². The maximum Gasteiger partial charge on any atom is 0.341 e. The molecule has 4 rings (SSSR count). The number of carbonyl (C=O) groups excluding carboxylic acids is 1. The monoisotopic (exact) mass is 398 g/mol. The SMILES string of the molecule is Cc1ccccc1-c1ccccc1NC(=O)n1cc(C(=O)O)c(=O)c2ccccc21. The number of nitrogens with one attached hydrogen (secondary N) is 1. The molecule has 0 spiro atoms. The Morgan fingerprint density at radius 3 is 2.23 bits per heavy atom. The van der Waals surface area contributed by atoms with E-state index in [1.165, 1.54) is 6.07 Å². The number of benzene rings is 3. The quantitative estimate of drug-likeness (QED) is 0.521. The number of pyridine rings is 1. The lowest BCUT2D eigenvalue weighted by Gasteiger charge is -2.15. The molecule has 6 nitrogen and oxygen atoms in total. The lowest BCUT2D eigenvalue weighted by molar-refractivity contribution is 0.0695. The first-order valence-electron chi connectivity index (χ1n) is 9.31. The van der Waals surface area contributed by atoms with E-state index in [9.17, 15) is 19.5 Å². The summed E-state index contributed by atoms with van der Waals surface area (Å²) in [5, 5.41) is 12.4. The molecule has 0 saturated heterocycles. The Labute approximate surface area is 172 Å². The second-order valence-corrected chi connectivity index (χ2v) is 6.85. The Kier molecular flexibility index (Phi) is 4.90. The van der Waals surface area contributed by atoms with Crippen LogP contribution in [0, 0.1) is 6.92 Å². The maximum absolute atomic E-state index is 13.1. The Balaban J connectivity index is 1.83. The van der Waals surface area contributed by atoms with Crippen molar-refractivity contribution in [2.75, 3.05) is 5.32 Å². The minimum Gasteiger partial charge on any atom is -0.477 e. The first kappa shape index (κ1) is 19.1. The predicted octanol–water partition coefficient (Wildman–Crippen LogP) is 4.76. The first-order valence-corrected chi connectivity index (χ1v) is 9.31. The average Bonchev–Trinajstić information content (AvgIpc) is 2.75. The van der Waals surface area contributed by atoms with Gasteiger partial charge in [-0.2, -0.15) is 0 Å². The van der Waals surface area contributed by atoms with E-state index < -0.39 is 23.0 Å². The first-order chi connectivity index (χ1) is 14.5. The van der Waals surface area contributed by atoms with E-state index in [-0.39, 0.29) is 5.39 Å². The van der Waals surface area contributed by atoms with Gasteiger partial charge in [0.2, 0.25) is 5.43 Å². The van der Waals surface area contributed by atoms with E-state index in [4.69, 9.17) is 0 Å². The summed E-state index contributed by atoms with van der Waals surface area (Å²) < 4.78 is 1.16. The highest BCUT2D eigenvalue weighted by molar-refractivity contribution is 6.02. The fraction of sp³-hybridized carbons (Fsp3) is 0.0417. The highest BCUT2D eigenvalue weighted by Crippen LogP contribution is 2.30. The highest BCUT2D eigenvalue weighted by Gasteiger charge is 2.18. The molecule has 0 aliphatic rings. The Morgan fingerprint density at radius 2 is 1.50 bits per heavy atom. The number of carboxylic acid groups (broad SMARTS) is 1. The summed E-state index contributed by atoms with van der Waals surface area (Å²) in [5.41, 5.74) is 2.70. The van der Waals surface area contributed by atoms with Gasteiger partial charge in [-0.25, -0.2) is 9.59 Å². The molecule has 1 aromatic heterocycles.